The second-order valence-corrected chi connectivity index (χ2v) is 16.0. The highest BCUT2D eigenvalue weighted by molar-refractivity contribution is 6.12. The molecule has 4 N–H and O–H groups in total. The monoisotopic (exact) mass is 838 g/mol. The van der Waals surface area contributed by atoms with E-state index in [1.54, 1.807) is 41.9 Å². The predicted molar refractivity (Wildman–Crippen MR) is 238 cm³/mol. The van der Waals surface area contributed by atoms with Crippen LogP contribution < -0.4 is 16.0 Å². The summed E-state index contributed by atoms with van der Waals surface area (Å²) in [5, 5.41) is 22.3. The number of carbonyl (C=O) groups excluding carboxylic acids is 3. The fourth-order valence-electron chi connectivity index (χ4n) is 7.84. The summed E-state index contributed by atoms with van der Waals surface area (Å²) >= 11 is 0. The largest absolute Gasteiger partial charge is 0.379 e. The number of morpholine rings is 1. The standard InChI is InChI=1S/C47H42N12O4/c1-28-12-36(23-48-18-28)53-47(62)44-40-17-33(34-13-29(19-49-21-34)26-58-8-10-63-11-9-58)5-7-42(40)59(57-44)27-30-14-37(24-50-20-30)54-46(61)43-39-16-32(4-6-41(39)55-56-43)35-15-38(25-51-22-35)52-45(60)31-2-3-31/h4-7,12-25,31H,2-3,8-11,26-27H2,1H3,(H,52,60)(H,53,62)(H,54,61)(H,55,56). The molecule has 1 saturated heterocycles. The maximum Gasteiger partial charge on any atom is 0.276 e. The van der Waals surface area contributed by atoms with E-state index in [9.17, 15) is 14.4 Å². The molecule has 314 valence electrons. The lowest BCUT2D eigenvalue weighted by Gasteiger charge is -2.26. The number of rotatable bonds is 12. The van der Waals surface area contributed by atoms with Crippen LogP contribution in [0.2, 0.25) is 0 Å². The van der Waals surface area contributed by atoms with Crippen molar-refractivity contribution in [3.63, 3.8) is 0 Å². The summed E-state index contributed by atoms with van der Waals surface area (Å²) in [5.41, 5.74) is 9.70. The predicted octanol–water partition coefficient (Wildman–Crippen LogP) is 6.87. The highest BCUT2D eigenvalue weighted by Gasteiger charge is 2.29. The zero-order chi connectivity index (χ0) is 42.9. The molecule has 2 aliphatic rings. The molecular weight excluding hydrogens is 797 g/mol. The van der Waals surface area contributed by atoms with Crippen LogP contribution in [0.4, 0.5) is 17.1 Å². The van der Waals surface area contributed by atoms with Crippen LogP contribution in [0.3, 0.4) is 0 Å². The summed E-state index contributed by atoms with van der Waals surface area (Å²) in [5.74, 6) is -0.728. The van der Waals surface area contributed by atoms with Crippen LogP contribution in [0.5, 0.6) is 0 Å². The third-order valence-corrected chi connectivity index (χ3v) is 11.2. The van der Waals surface area contributed by atoms with Gasteiger partial charge in [-0.05, 0) is 96.1 Å². The Morgan fingerprint density at radius 2 is 1.29 bits per heavy atom. The summed E-state index contributed by atoms with van der Waals surface area (Å²) in [6, 6.07) is 19.3. The Bertz CT molecular complexity index is 3040. The number of carbonyl (C=O) groups is 3. The Labute approximate surface area is 361 Å². The Kier molecular flexibility index (Phi) is 10.6. The van der Waals surface area contributed by atoms with Gasteiger partial charge in [0.2, 0.25) is 5.91 Å². The van der Waals surface area contributed by atoms with Gasteiger partial charge in [0.25, 0.3) is 11.8 Å². The molecule has 6 aromatic heterocycles. The molecule has 16 heteroatoms. The molecule has 2 aromatic carbocycles. The molecule has 16 nitrogen and oxygen atoms in total. The lowest BCUT2D eigenvalue weighted by molar-refractivity contribution is -0.117. The van der Waals surface area contributed by atoms with Gasteiger partial charge >= 0.3 is 0 Å². The Balaban J connectivity index is 0.908. The molecule has 10 rings (SSSR count). The van der Waals surface area contributed by atoms with E-state index in [-0.39, 0.29) is 35.7 Å². The molecule has 0 unspecified atom stereocenters. The third kappa shape index (κ3) is 8.75. The van der Waals surface area contributed by atoms with Crippen molar-refractivity contribution in [3.8, 4) is 22.3 Å². The molecule has 3 amide bonds. The molecule has 1 saturated carbocycles. The van der Waals surface area contributed by atoms with E-state index in [1.165, 1.54) is 0 Å². The molecule has 0 spiro atoms. The molecular formula is C47H42N12O4. The molecule has 0 radical (unpaired) electrons. The topological polar surface area (TPSA) is 198 Å². The number of fused-ring (bicyclic) bond motifs is 2. The summed E-state index contributed by atoms with van der Waals surface area (Å²) in [4.78, 5) is 60.0. The van der Waals surface area contributed by atoms with Crippen LogP contribution >= 0.6 is 0 Å². The minimum atomic E-state index is -0.425. The van der Waals surface area contributed by atoms with Gasteiger partial charge in [-0.25, -0.2) is 0 Å². The van der Waals surface area contributed by atoms with Gasteiger partial charge in [-0.2, -0.15) is 10.2 Å². The van der Waals surface area contributed by atoms with Gasteiger partial charge in [0.05, 0.1) is 66.4 Å². The van der Waals surface area contributed by atoms with Crippen LogP contribution in [0.1, 0.15) is 50.5 Å². The van der Waals surface area contributed by atoms with Gasteiger partial charge in [-0.15, -0.1) is 0 Å². The summed E-state index contributed by atoms with van der Waals surface area (Å²) in [6.45, 7) is 6.11. The van der Waals surface area contributed by atoms with Crippen molar-refractivity contribution in [2.75, 3.05) is 42.3 Å². The van der Waals surface area contributed by atoms with Crippen LogP contribution in [-0.2, 0) is 22.6 Å². The first-order valence-corrected chi connectivity index (χ1v) is 20.8. The first-order valence-electron chi connectivity index (χ1n) is 20.8. The van der Waals surface area contributed by atoms with Gasteiger partial charge in [0, 0.05) is 78.4 Å². The van der Waals surface area contributed by atoms with Crippen molar-refractivity contribution in [2.24, 2.45) is 5.92 Å². The normalized spacial score (nSPS) is 14.2. The van der Waals surface area contributed by atoms with E-state index in [1.807, 2.05) is 73.9 Å². The van der Waals surface area contributed by atoms with Crippen molar-refractivity contribution in [1.82, 2.24) is 44.8 Å². The van der Waals surface area contributed by atoms with E-state index >= 15 is 0 Å². The summed E-state index contributed by atoms with van der Waals surface area (Å²) < 4.78 is 7.29. The molecule has 0 bridgehead atoms. The number of nitrogens with one attached hydrogen (secondary N) is 4. The SMILES string of the molecule is Cc1cncc(NC(=O)c2nn(Cc3cncc(NC(=O)c4n[nH]c5ccc(-c6cncc(NC(=O)C7CC7)c6)cc45)c3)c3ccc(-c4cncc(CN5CCOCC5)c4)cc23)c1. The number of aryl methyl sites for hydroxylation is 1. The van der Waals surface area contributed by atoms with Crippen LogP contribution in [0.25, 0.3) is 44.1 Å². The van der Waals surface area contributed by atoms with Gasteiger partial charge in [0.1, 0.15) is 0 Å². The minimum Gasteiger partial charge on any atom is -0.379 e. The Morgan fingerprint density at radius 1 is 0.651 bits per heavy atom. The number of amides is 3. The Hall–Kier alpha value is -7.69. The second kappa shape index (κ2) is 17.0. The van der Waals surface area contributed by atoms with Gasteiger partial charge in [0.15, 0.2) is 11.4 Å². The third-order valence-electron chi connectivity index (χ3n) is 11.2. The number of hydrogen-bond donors (Lipinski definition) is 4. The van der Waals surface area contributed by atoms with Crippen LogP contribution in [0, 0.1) is 12.8 Å². The fourth-order valence-corrected chi connectivity index (χ4v) is 7.84. The number of anilines is 3. The minimum absolute atomic E-state index is 0.00281. The number of pyridine rings is 4. The highest BCUT2D eigenvalue weighted by Crippen LogP contribution is 2.32. The van der Waals surface area contributed by atoms with E-state index in [0.29, 0.717) is 33.4 Å². The maximum absolute atomic E-state index is 14.0. The number of hydrogen-bond acceptors (Lipinski definition) is 11. The van der Waals surface area contributed by atoms with Gasteiger partial charge < -0.3 is 20.7 Å². The average Bonchev–Trinajstić information content (AvgIpc) is 3.97. The molecule has 0 atom stereocenters. The first kappa shape index (κ1) is 39.4. The zero-order valence-electron chi connectivity index (χ0n) is 34.3. The zero-order valence-corrected chi connectivity index (χ0v) is 34.3. The number of ether oxygens (including phenoxy) is 1. The highest BCUT2D eigenvalue weighted by atomic mass is 16.5. The molecule has 1 aliphatic heterocycles. The van der Waals surface area contributed by atoms with Crippen molar-refractivity contribution >= 4 is 56.6 Å². The molecule has 8 aromatic rings. The van der Waals surface area contributed by atoms with Crippen LogP contribution in [-0.4, -0.2) is 88.8 Å². The number of aromatic nitrogens is 8. The van der Waals surface area contributed by atoms with E-state index in [0.717, 1.165) is 90.2 Å². The first-order chi connectivity index (χ1) is 30.8. The quantitative estimate of drug-likeness (QED) is 0.100. The Morgan fingerprint density at radius 3 is 2.05 bits per heavy atom. The number of benzene rings is 2. The van der Waals surface area contributed by atoms with Crippen molar-refractivity contribution in [2.45, 2.75) is 32.9 Å². The molecule has 2 fully saturated rings. The van der Waals surface area contributed by atoms with E-state index in [4.69, 9.17) is 9.84 Å². The number of aromatic amines is 1. The van der Waals surface area contributed by atoms with Crippen LogP contribution in [0.15, 0.2) is 110 Å². The summed E-state index contributed by atoms with van der Waals surface area (Å²) in [7, 11) is 0. The van der Waals surface area contributed by atoms with E-state index in [2.05, 4.69) is 57.0 Å². The molecule has 63 heavy (non-hydrogen) atoms. The van der Waals surface area contributed by atoms with Crippen molar-refractivity contribution in [1.29, 1.82) is 0 Å². The van der Waals surface area contributed by atoms with Crippen molar-refractivity contribution in [3.05, 3.63) is 138 Å². The summed E-state index contributed by atoms with van der Waals surface area (Å²) in [6.07, 6.45) is 15.5. The lowest BCUT2D eigenvalue weighted by Crippen LogP contribution is -2.35. The van der Waals surface area contributed by atoms with Gasteiger partial charge in [-0.1, -0.05) is 12.1 Å². The lowest BCUT2D eigenvalue weighted by atomic mass is 10.0. The van der Waals surface area contributed by atoms with Crippen molar-refractivity contribution < 1.29 is 19.1 Å². The van der Waals surface area contributed by atoms with Gasteiger partial charge in [-0.3, -0.25) is 49.0 Å². The van der Waals surface area contributed by atoms with E-state index < -0.39 is 5.91 Å². The maximum atomic E-state index is 14.0. The molecule has 7 heterocycles. The second-order valence-electron chi connectivity index (χ2n) is 16.0. The smallest absolute Gasteiger partial charge is 0.276 e. The average molecular weight is 839 g/mol. The molecule has 1 aliphatic carbocycles. The fraction of sp³-hybridized carbons (Fsp3) is 0.213. The number of H-pyrrole nitrogens is 1. The number of nitrogens with zero attached hydrogens (tertiary/aromatic N) is 8.